The summed E-state index contributed by atoms with van der Waals surface area (Å²) in [6.45, 7) is 3.00. The van der Waals surface area contributed by atoms with E-state index < -0.39 is 0 Å². The predicted octanol–water partition coefficient (Wildman–Crippen LogP) is 2.61. The van der Waals surface area contributed by atoms with Crippen LogP contribution in [0.5, 0.6) is 0 Å². The molecule has 2 aromatic rings. The molecule has 88 valence electrons. The number of nitrogens with zero attached hydrogens (tertiary/aromatic N) is 2. The van der Waals surface area contributed by atoms with Gasteiger partial charge in [-0.3, -0.25) is 0 Å². The van der Waals surface area contributed by atoms with Crippen LogP contribution in [0.1, 0.15) is 11.1 Å². The smallest absolute Gasteiger partial charge is 0.125 e. The molecule has 0 aliphatic carbocycles. The quantitative estimate of drug-likeness (QED) is 0.876. The van der Waals surface area contributed by atoms with Crippen LogP contribution in [0.3, 0.4) is 0 Å². The number of pyridine rings is 1. The van der Waals surface area contributed by atoms with E-state index in [0.717, 1.165) is 12.2 Å². The summed E-state index contributed by atoms with van der Waals surface area (Å²) in [5.74, 6) is 0.555. The van der Waals surface area contributed by atoms with Crippen LogP contribution in [0.2, 0.25) is 0 Å². The molecule has 2 N–H and O–H groups in total. The van der Waals surface area contributed by atoms with Crippen molar-refractivity contribution in [3.8, 4) is 0 Å². The molecular weight excluding hydrogens is 210 g/mol. The maximum atomic E-state index is 5.68. The average molecular weight is 227 g/mol. The third-order valence-corrected chi connectivity index (χ3v) is 2.87. The Morgan fingerprint density at radius 2 is 2.00 bits per heavy atom. The summed E-state index contributed by atoms with van der Waals surface area (Å²) in [7, 11) is 2.06. The Hall–Kier alpha value is -2.03. The summed E-state index contributed by atoms with van der Waals surface area (Å²) in [4.78, 5) is 6.16. The predicted molar refractivity (Wildman–Crippen MR) is 71.9 cm³/mol. The molecule has 0 aliphatic heterocycles. The first kappa shape index (κ1) is 11.5. The minimum Gasteiger partial charge on any atom is -0.384 e. The molecule has 0 bridgehead atoms. The third-order valence-electron chi connectivity index (χ3n) is 2.87. The molecule has 0 fully saturated rings. The molecule has 0 atom stereocenters. The summed E-state index contributed by atoms with van der Waals surface area (Å²) in [6, 6.07) is 12.3. The minimum absolute atomic E-state index is 0.555. The van der Waals surface area contributed by atoms with Gasteiger partial charge in [-0.1, -0.05) is 24.3 Å². The highest BCUT2D eigenvalue weighted by atomic mass is 15.1. The van der Waals surface area contributed by atoms with Gasteiger partial charge in [0.2, 0.25) is 0 Å². The first-order valence-electron chi connectivity index (χ1n) is 5.64. The van der Waals surface area contributed by atoms with Crippen molar-refractivity contribution in [2.75, 3.05) is 17.7 Å². The van der Waals surface area contributed by atoms with Gasteiger partial charge in [-0.15, -0.1) is 0 Å². The zero-order valence-electron chi connectivity index (χ0n) is 10.2. The molecule has 2 rings (SSSR count). The Kier molecular flexibility index (Phi) is 3.28. The molecule has 17 heavy (non-hydrogen) atoms. The first-order valence-corrected chi connectivity index (χ1v) is 5.64. The fraction of sp³-hybridized carbons (Fsp3) is 0.214. The number of aromatic nitrogens is 1. The first-order chi connectivity index (χ1) is 8.16. The molecule has 0 amide bonds. The van der Waals surface area contributed by atoms with Crippen LogP contribution in [0.15, 0.2) is 42.6 Å². The number of nitrogens with two attached hydrogens (primary N) is 1. The highest BCUT2D eigenvalue weighted by Gasteiger charge is 2.04. The molecule has 3 nitrogen and oxygen atoms in total. The zero-order chi connectivity index (χ0) is 12.3. The van der Waals surface area contributed by atoms with Crippen molar-refractivity contribution in [1.82, 2.24) is 4.98 Å². The van der Waals surface area contributed by atoms with Gasteiger partial charge in [-0.2, -0.15) is 0 Å². The van der Waals surface area contributed by atoms with Crippen molar-refractivity contribution in [2.45, 2.75) is 13.5 Å². The van der Waals surface area contributed by atoms with Crippen LogP contribution < -0.4 is 10.6 Å². The maximum absolute atomic E-state index is 5.68. The minimum atomic E-state index is 0.555. The van der Waals surface area contributed by atoms with E-state index in [0.29, 0.717) is 5.82 Å². The van der Waals surface area contributed by atoms with E-state index in [9.17, 15) is 0 Å². The number of benzene rings is 1. The third kappa shape index (κ3) is 2.75. The van der Waals surface area contributed by atoms with Crippen LogP contribution >= 0.6 is 0 Å². The molecule has 0 spiro atoms. The highest BCUT2D eigenvalue weighted by molar-refractivity contribution is 5.52. The second-order valence-corrected chi connectivity index (χ2v) is 4.22. The van der Waals surface area contributed by atoms with Gasteiger partial charge in [0.05, 0.1) is 0 Å². The Balaban J connectivity index is 2.17. The fourth-order valence-corrected chi connectivity index (χ4v) is 1.81. The lowest BCUT2D eigenvalue weighted by Gasteiger charge is -2.20. The molecule has 1 heterocycles. The second kappa shape index (κ2) is 4.87. The van der Waals surface area contributed by atoms with Gasteiger partial charge >= 0.3 is 0 Å². The number of hydrogen-bond donors (Lipinski definition) is 1. The van der Waals surface area contributed by atoms with Gasteiger partial charge in [-0.05, 0) is 24.1 Å². The summed E-state index contributed by atoms with van der Waals surface area (Å²) in [5.41, 5.74) is 9.40. The normalized spacial score (nSPS) is 10.2. The van der Waals surface area contributed by atoms with Crippen molar-refractivity contribution in [1.29, 1.82) is 0 Å². The lowest BCUT2D eigenvalue weighted by atomic mass is 10.1. The van der Waals surface area contributed by atoms with Crippen molar-refractivity contribution in [3.05, 3.63) is 53.7 Å². The summed E-state index contributed by atoms with van der Waals surface area (Å²) in [5, 5.41) is 0. The van der Waals surface area contributed by atoms with Crippen LogP contribution in [0.4, 0.5) is 11.5 Å². The van der Waals surface area contributed by atoms with Crippen molar-refractivity contribution in [3.63, 3.8) is 0 Å². The van der Waals surface area contributed by atoms with E-state index >= 15 is 0 Å². The lowest BCUT2D eigenvalue weighted by molar-refractivity contribution is 0.913. The van der Waals surface area contributed by atoms with E-state index in [1.54, 1.807) is 6.20 Å². The van der Waals surface area contributed by atoms with E-state index in [1.807, 2.05) is 12.1 Å². The van der Waals surface area contributed by atoms with Gasteiger partial charge in [0.15, 0.2) is 0 Å². The monoisotopic (exact) mass is 227 g/mol. The van der Waals surface area contributed by atoms with Crippen LogP contribution in [-0.2, 0) is 6.54 Å². The number of aryl methyl sites for hydroxylation is 1. The van der Waals surface area contributed by atoms with E-state index in [1.165, 1.54) is 11.1 Å². The van der Waals surface area contributed by atoms with Gasteiger partial charge in [0.1, 0.15) is 5.82 Å². The molecule has 1 aromatic carbocycles. The van der Waals surface area contributed by atoms with Crippen molar-refractivity contribution < 1.29 is 0 Å². The topological polar surface area (TPSA) is 42.2 Å². The standard InChI is InChI=1S/C14H17N3/c1-11-5-3-4-6-12(11)10-17(2)13-7-8-16-14(15)9-13/h3-9H,10H2,1-2H3,(H2,15,16). The van der Waals surface area contributed by atoms with Gasteiger partial charge in [-0.25, -0.2) is 4.98 Å². The molecule has 0 aliphatic rings. The zero-order valence-corrected chi connectivity index (χ0v) is 10.2. The van der Waals surface area contributed by atoms with Crippen LogP contribution in [0.25, 0.3) is 0 Å². The highest BCUT2D eigenvalue weighted by Crippen LogP contribution is 2.18. The van der Waals surface area contributed by atoms with Crippen molar-refractivity contribution in [2.24, 2.45) is 0 Å². The van der Waals surface area contributed by atoms with Gasteiger partial charge < -0.3 is 10.6 Å². The Labute approximate surface area is 102 Å². The fourth-order valence-electron chi connectivity index (χ4n) is 1.81. The van der Waals surface area contributed by atoms with E-state index in [-0.39, 0.29) is 0 Å². The Bertz CT molecular complexity index is 508. The largest absolute Gasteiger partial charge is 0.384 e. The van der Waals surface area contributed by atoms with Gasteiger partial charge in [0, 0.05) is 31.5 Å². The molecule has 0 unspecified atom stereocenters. The molecule has 1 aromatic heterocycles. The summed E-state index contributed by atoms with van der Waals surface area (Å²) in [6.07, 6.45) is 1.74. The number of hydrogen-bond acceptors (Lipinski definition) is 3. The van der Waals surface area contributed by atoms with Gasteiger partial charge in [0.25, 0.3) is 0 Å². The number of nitrogen functional groups attached to an aromatic ring is 1. The Morgan fingerprint density at radius 3 is 2.71 bits per heavy atom. The van der Waals surface area contributed by atoms with E-state index in [4.69, 9.17) is 5.73 Å². The average Bonchev–Trinajstić information content (AvgIpc) is 2.32. The maximum Gasteiger partial charge on any atom is 0.125 e. The summed E-state index contributed by atoms with van der Waals surface area (Å²) < 4.78 is 0. The van der Waals surface area contributed by atoms with Crippen molar-refractivity contribution >= 4 is 11.5 Å². The summed E-state index contributed by atoms with van der Waals surface area (Å²) >= 11 is 0. The second-order valence-electron chi connectivity index (χ2n) is 4.22. The Morgan fingerprint density at radius 1 is 1.24 bits per heavy atom. The number of rotatable bonds is 3. The molecule has 0 radical (unpaired) electrons. The number of anilines is 2. The SMILES string of the molecule is Cc1ccccc1CN(C)c1ccnc(N)c1. The molecular formula is C14H17N3. The van der Waals surface area contributed by atoms with Crippen LogP contribution in [0, 0.1) is 6.92 Å². The van der Waals surface area contributed by atoms with E-state index in [2.05, 4.69) is 48.1 Å². The van der Waals surface area contributed by atoms with Crippen LogP contribution in [-0.4, -0.2) is 12.0 Å². The molecule has 0 saturated carbocycles. The molecule has 3 heteroatoms. The lowest BCUT2D eigenvalue weighted by Crippen LogP contribution is -2.17. The molecule has 0 saturated heterocycles.